The number of benzene rings is 2. The van der Waals surface area contributed by atoms with Crippen LogP contribution in [0.3, 0.4) is 0 Å². The molecule has 0 aromatic heterocycles. The normalized spacial score (nSPS) is 11.9. The SMILES string of the molecule is CCCCCCCCCCCCOc1ccc(-c2ccc(OCCOCC(O)CO)c(OC)c2)cc1C. The topological polar surface area (TPSA) is 77.4 Å². The third kappa shape index (κ3) is 12.2. The van der Waals surface area contributed by atoms with E-state index in [4.69, 9.17) is 24.1 Å². The van der Waals surface area contributed by atoms with Gasteiger partial charge in [-0.05, 0) is 54.3 Å². The predicted octanol–water partition coefficient (Wildman–Crippen LogP) is 6.72. The van der Waals surface area contributed by atoms with E-state index in [2.05, 4.69) is 32.0 Å². The lowest BCUT2D eigenvalue weighted by Gasteiger charge is -2.14. The lowest BCUT2D eigenvalue weighted by molar-refractivity contribution is -0.00154. The summed E-state index contributed by atoms with van der Waals surface area (Å²) < 4.78 is 22.6. The third-order valence-corrected chi connectivity index (χ3v) is 6.43. The van der Waals surface area contributed by atoms with Gasteiger partial charge in [0.25, 0.3) is 0 Å². The molecule has 0 aliphatic heterocycles. The van der Waals surface area contributed by atoms with Crippen LogP contribution in [0.15, 0.2) is 36.4 Å². The van der Waals surface area contributed by atoms with Crippen molar-refractivity contribution in [3.8, 4) is 28.4 Å². The van der Waals surface area contributed by atoms with Crippen molar-refractivity contribution in [2.24, 2.45) is 0 Å². The molecular weight excluding hydrogens is 468 g/mol. The second-order valence-corrected chi connectivity index (χ2v) is 9.64. The molecule has 1 unspecified atom stereocenters. The van der Waals surface area contributed by atoms with Crippen LogP contribution in [0.25, 0.3) is 11.1 Å². The van der Waals surface area contributed by atoms with Crippen LogP contribution in [-0.2, 0) is 4.74 Å². The van der Waals surface area contributed by atoms with E-state index in [-0.39, 0.29) is 13.2 Å². The number of hydrogen-bond acceptors (Lipinski definition) is 6. The van der Waals surface area contributed by atoms with E-state index in [9.17, 15) is 5.11 Å². The van der Waals surface area contributed by atoms with Crippen LogP contribution in [0.4, 0.5) is 0 Å². The van der Waals surface area contributed by atoms with E-state index in [0.29, 0.717) is 24.7 Å². The number of aliphatic hydroxyl groups excluding tert-OH is 2. The average molecular weight is 517 g/mol. The standard InChI is InChI=1S/C31H48O6/c1-4-5-6-7-8-9-10-11-12-13-18-36-29-16-14-26(21-25(29)2)27-15-17-30(31(22-27)34-3)37-20-19-35-24-28(33)23-32/h14-17,21-22,28,32-33H,4-13,18-20,23-24H2,1-3H3. The molecular formula is C31H48O6. The van der Waals surface area contributed by atoms with Gasteiger partial charge in [0.05, 0.1) is 33.5 Å². The Morgan fingerprint density at radius 2 is 1.30 bits per heavy atom. The molecule has 2 aromatic carbocycles. The van der Waals surface area contributed by atoms with Crippen molar-refractivity contribution in [2.45, 2.75) is 84.2 Å². The second kappa shape index (κ2) is 18.9. The van der Waals surface area contributed by atoms with Gasteiger partial charge in [-0.15, -0.1) is 0 Å². The van der Waals surface area contributed by atoms with Crippen molar-refractivity contribution >= 4 is 0 Å². The van der Waals surface area contributed by atoms with E-state index in [1.807, 2.05) is 18.2 Å². The summed E-state index contributed by atoms with van der Waals surface area (Å²) in [5.41, 5.74) is 3.25. The van der Waals surface area contributed by atoms with Gasteiger partial charge in [0.2, 0.25) is 0 Å². The molecule has 0 aliphatic carbocycles. The van der Waals surface area contributed by atoms with Crippen LogP contribution in [-0.4, -0.2) is 56.5 Å². The molecule has 0 radical (unpaired) electrons. The Morgan fingerprint density at radius 3 is 1.92 bits per heavy atom. The molecule has 6 nitrogen and oxygen atoms in total. The molecule has 2 rings (SSSR count). The van der Waals surface area contributed by atoms with Gasteiger partial charge in [-0.2, -0.15) is 0 Å². The summed E-state index contributed by atoms with van der Waals surface area (Å²) >= 11 is 0. The van der Waals surface area contributed by atoms with Crippen molar-refractivity contribution in [1.29, 1.82) is 0 Å². The van der Waals surface area contributed by atoms with Crippen LogP contribution < -0.4 is 14.2 Å². The number of methoxy groups -OCH3 is 1. The minimum absolute atomic E-state index is 0.0776. The van der Waals surface area contributed by atoms with E-state index >= 15 is 0 Å². The van der Waals surface area contributed by atoms with Crippen molar-refractivity contribution in [2.75, 3.05) is 40.1 Å². The zero-order valence-electron chi connectivity index (χ0n) is 23.2. The van der Waals surface area contributed by atoms with Crippen LogP contribution >= 0.6 is 0 Å². The zero-order chi connectivity index (χ0) is 26.7. The summed E-state index contributed by atoms with van der Waals surface area (Å²) in [4.78, 5) is 0. The van der Waals surface area contributed by atoms with Crippen LogP contribution in [0.2, 0.25) is 0 Å². The fourth-order valence-corrected chi connectivity index (χ4v) is 4.21. The molecule has 0 spiro atoms. The molecule has 6 heteroatoms. The highest BCUT2D eigenvalue weighted by molar-refractivity contribution is 5.68. The van der Waals surface area contributed by atoms with Crippen LogP contribution in [0, 0.1) is 6.92 Å². The minimum Gasteiger partial charge on any atom is -0.493 e. The zero-order valence-corrected chi connectivity index (χ0v) is 23.2. The first-order chi connectivity index (χ1) is 18.1. The largest absolute Gasteiger partial charge is 0.493 e. The maximum Gasteiger partial charge on any atom is 0.161 e. The Hall–Kier alpha value is -2.28. The molecule has 0 fully saturated rings. The fourth-order valence-electron chi connectivity index (χ4n) is 4.21. The molecule has 0 saturated heterocycles. The Kier molecular flexibility index (Phi) is 15.8. The highest BCUT2D eigenvalue weighted by Gasteiger charge is 2.10. The van der Waals surface area contributed by atoms with Crippen LogP contribution in [0.5, 0.6) is 17.2 Å². The highest BCUT2D eigenvalue weighted by atomic mass is 16.5. The van der Waals surface area contributed by atoms with Crippen molar-refractivity contribution in [1.82, 2.24) is 0 Å². The summed E-state index contributed by atoms with van der Waals surface area (Å²) in [6, 6.07) is 12.1. The lowest BCUT2D eigenvalue weighted by atomic mass is 10.0. The quantitative estimate of drug-likeness (QED) is 0.179. The first-order valence-electron chi connectivity index (χ1n) is 14.0. The van der Waals surface area contributed by atoms with Gasteiger partial charge in [-0.25, -0.2) is 0 Å². The molecule has 0 bridgehead atoms. The number of ether oxygens (including phenoxy) is 4. The summed E-state index contributed by atoms with van der Waals surface area (Å²) in [5, 5.41) is 18.1. The number of rotatable bonds is 21. The smallest absolute Gasteiger partial charge is 0.161 e. The van der Waals surface area contributed by atoms with Gasteiger partial charge in [0.1, 0.15) is 18.5 Å². The van der Waals surface area contributed by atoms with Crippen molar-refractivity contribution < 1.29 is 29.2 Å². The predicted molar refractivity (Wildman–Crippen MR) is 150 cm³/mol. The molecule has 2 N–H and O–H groups in total. The number of hydrogen-bond donors (Lipinski definition) is 2. The minimum atomic E-state index is -0.867. The van der Waals surface area contributed by atoms with Gasteiger partial charge >= 0.3 is 0 Å². The van der Waals surface area contributed by atoms with Gasteiger partial charge in [-0.3, -0.25) is 0 Å². The number of unbranched alkanes of at least 4 members (excludes halogenated alkanes) is 9. The van der Waals surface area contributed by atoms with Crippen LogP contribution in [0.1, 0.15) is 76.7 Å². The first kappa shape index (κ1) is 30.9. The second-order valence-electron chi connectivity index (χ2n) is 9.64. The Bertz CT molecular complexity index is 869. The Balaban J connectivity index is 1.75. The third-order valence-electron chi connectivity index (χ3n) is 6.43. The number of aryl methyl sites for hydroxylation is 1. The first-order valence-corrected chi connectivity index (χ1v) is 14.0. The highest BCUT2D eigenvalue weighted by Crippen LogP contribution is 2.34. The number of aliphatic hydroxyl groups is 2. The van der Waals surface area contributed by atoms with Crippen molar-refractivity contribution in [3.05, 3.63) is 42.0 Å². The van der Waals surface area contributed by atoms with E-state index in [1.54, 1.807) is 7.11 Å². The molecule has 0 heterocycles. The monoisotopic (exact) mass is 516 g/mol. The molecule has 0 saturated carbocycles. The summed E-state index contributed by atoms with van der Waals surface area (Å²) in [7, 11) is 1.62. The van der Waals surface area contributed by atoms with Gasteiger partial charge in [0.15, 0.2) is 11.5 Å². The lowest BCUT2D eigenvalue weighted by Crippen LogP contribution is -2.21. The molecule has 0 amide bonds. The Morgan fingerprint density at radius 1 is 0.703 bits per heavy atom. The molecule has 1 atom stereocenters. The maximum atomic E-state index is 9.30. The molecule has 37 heavy (non-hydrogen) atoms. The average Bonchev–Trinajstić information content (AvgIpc) is 2.92. The van der Waals surface area contributed by atoms with E-state index < -0.39 is 6.10 Å². The Labute approximate surface area is 223 Å². The van der Waals surface area contributed by atoms with E-state index in [1.165, 1.54) is 57.8 Å². The van der Waals surface area contributed by atoms with E-state index in [0.717, 1.165) is 35.5 Å². The maximum absolute atomic E-state index is 9.30. The summed E-state index contributed by atoms with van der Waals surface area (Å²) in [6.07, 6.45) is 12.4. The molecule has 208 valence electrons. The van der Waals surface area contributed by atoms with Gasteiger partial charge < -0.3 is 29.2 Å². The van der Waals surface area contributed by atoms with Crippen molar-refractivity contribution in [3.63, 3.8) is 0 Å². The molecule has 2 aromatic rings. The van der Waals surface area contributed by atoms with Gasteiger partial charge in [-0.1, -0.05) is 76.8 Å². The summed E-state index contributed by atoms with van der Waals surface area (Å²) in [5.74, 6) is 2.22. The molecule has 0 aliphatic rings. The fraction of sp³-hybridized carbons (Fsp3) is 0.613. The summed E-state index contributed by atoms with van der Waals surface area (Å²) in [6.45, 7) is 5.50. The van der Waals surface area contributed by atoms with Gasteiger partial charge in [0, 0.05) is 0 Å².